The largest absolute Gasteiger partial charge is 0.437 e. The molecular formula is C6H5BrN2O2S. The molecule has 0 saturated carbocycles. The Morgan fingerprint density at radius 3 is 3.17 bits per heavy atom. The molecule has 64 valence electrons. The first-order valence-electron chi connectivity index (χ1n) is 3.31. The molecule has 1 amide bonds. The van der Waals surface area contributed by atoms with Crippen molar-refractivity contribution in [3.05, 3.63) is 15.0 Å². The molecule has 0 aromatic carbocycles. The van der Waals surface area contributed by atoms with Crippen LogP contribution in [-0.2, 0) is 4.74 Å². The zero-order chi connectivity index (χ0) is 8.55. The summed E-state index contributed by atoms with van der Waals surface area (Å²) in [4.78, 5) is 14.8. The fraction of sp³-hybridized carbons (Fsp3) is 0.333. The van der Waals surface area contributed by atoms with Crippen LogP contribution in [0.1, 0.15) is 11.1 Å². The van der Waals surface area contributed by atoms with Crippen molar-refractivity contribution in [3.63, 3.8) is 0 Å². The summed E-state index contributed by atoms with van der Waals surface area (Å²) in [5.74, 6) is 0. The lowest BCUT2D eigenvalue weighted by molar-refractivity contribution is 0.141. The molecule has 0 radical (unpaired) electrons. The predicted octanol–water partition coefficient (Wildman–Crippen LogP) is 1.69. The number of ether oxygens (including phenoxy) is 1. The zero-order valence-electron chi connectivity index (χ0n) is 5.91. The monoisotopic (exact) mass is 248 g/mol. The average molecular weight is 249 g/mol. The van der Waals surface area contributed by atoms with Crippen LogP contribution in [-0.4, -0.2) is 17.6 Å². The van der Waals surface area contributed by atoms with Crippen LogP contribution in [0.2, 0.25) is 0 Å². The smallest absolute Gasteiger partial charge is 0.408 e. The molecule has 1 fully saturated rings. The van der Waals surface area contributed by atoms with Crippen LogP contribution >= 0.6 is 27.3 Å². The molecule has 0 spiro atoms. The molecule has 2 rings (SSSR count). The van der Waals surface area contributed by atoms with Crippen molar-refractivity contribution in [1.29, 1.82) is 0 Å². The van der Waals surface area contributed by atoms with Gasteiger partial charge in [0.05, 0.1) is 16.5 Å². The van der Waals surface area contributed by atoms with Crippen molar-refractivity contribution in [2.45, 2.75) is 6.10 Å². The Hall–Kier alpha value is -0.620. The first-order chi connectivity index (χ1) is 5.75. The number of hydrogen-bond acceptors (Lipinski definition) is 4. The number of nitrogens with zero attached hydrogens (tertiary/aromatic N) is 1. The van der Waals surface area contributed by atoms with Crippen molar-refractivity contribution >= 4 is 33.4 Å². The molecule has 12 heavy (non-hydrogen) atoms. The van der Waals surface area contributed by atoms with Crippen molar-refractivity contribution in [1.82, 2.24) is 10.3 Å². The van der Waals surface area contributed by atoms with Gasteiger partial charge in [-0.05, 0) is 15.9 Å². The van der Waals surface area contributed by atoms with Crippen LogP contribution in [0.5, 0.6) is 0 Å². The maximum Gasteiger partial charge on any atom is 0.408 e. The second-order valence-corrected chi connectivity index (χ2v) is 4.72. The molecule has 0 aliphatic carbocycles. The lowest BCUT2D eigenvalue weighted by Crippen LogP contribution is -2.12. The van der Waals surface area contributed by atoms with E-state index in [0.29, 0.717) is 6.54 Å². The van der Waals surface area contributed by atoms with Gasteiger partial charge in [0, 0.05) is 0 Å². The minimum atomic E-state index is -0.369. The zero-order valence-corrected chi connectivity index (χ0v) is 8.31. The number of amides is 1. The van der Waals surface area contributed by atoms with Gasteiger partial charge in [0.2, 0.25) is 0 Å². The molecule has 1 saturated heterocycles. The van der Waals surface area contributed by atoms with Gasteiger partial charge in [0.1, 0.15) is 5.01 Å². The number of rotatable bonds is 1. The van der Waals surface area contributed by atoms with Crippen molar-refractivity contribution in [2.75, 3.05) is 6.54 Å². The molecular weight excluding hydrogens is 244 g/mol. The molecule has 1 aliphatic rings. The van der Waals surface area contributed by atoms with Crippen molar-refractivity contribution < 1.29 is 9.53 Å². The highest BCUT2D eigenvalue weighted by Crippen LogP contribution is 2.27. The maximum absolute atomic E-state index is 10.7. The van der Waals surface area contributed by atoms with Gasteiger partial charge in [0.25, 0.3) is 0 Å². The Balaban J connectivity index is 2.15. The third kappa shape index (κ3) is 1.44. The van der Waals surface area contributed by atoms with E-state index in [0.717, 1.165) is 8.79 Å². The maximum atomic E-state index is 10.7. The van der Waals surface area contributed by atoms with Gasteiger partial charge >= 0.3 is 6.09 Å². The van der Waals surface area contributed by atoms with Gasteiger partial charge in [-0.1, -0.05) is 0 Å². The van der Waals surface area contributed by atoms with E-state index in [4.69, 9.17) is 4.74 Å². The molecule has 1 aromatic heterocycles. The quantitative estimate of drug-likeness (QED) is 0.823. The molecule has 6 heteroatoms. The minimum Gasteiger partial charge on any atom is -0.437 e. The molecule has 1 atom stereocenters. The normalized spacial score (nSPS) is 22.1. The highest BCUT2D eigenvalue weighted by atomic mass is 79.9. The molecule has 1 aliphatic heterocycles. The fourth-order valence-electron chi connectivity index (χ4n) is 0.942. The van der Waals surface area contributed by atoms with Crippen LogP contribution in [0.3, 0.4) is 0 Å². The number of thiazole rings is 1. The van der Waals surface area contributed by atoms with Gasteiger partial charge in [-0.25, -0.2) is 9.78 Å². The van der Waals surface area contributed by atoms with Gasteiger partial charge < -0.3 is 10.1 Å². The van der Waals surface area contributed by atoms with Crippen LogP contribution in [0.25, 0.3) is 0 Å². The highest BCUT2D eigenvalue weighted by molar-refractivity contribution is 9.11. The van der Waals surface area contributed by atoms with Gasteiger partial charge in [-0.15, -0.1) is 11.3 Å². The van der Waals surface area contributed by atoms with Gasteiger partial charge in [0.15, 0.2) is 6.10 Å². The summed E-state index contributed by atoms with van der Waals surface area (Å²) >= 11 is 4.76. The molecule has 1 N–H and O–H groups in total. The number of cyclic esters (lactones) is 1. The lowest BCUT2D eigenvalue weighted by Gasteiger charge is -2.00. The minimum absolute atomic E-state index is 0.214. The summed E-state index contributed by atoms with van der Waals surface area (Å²) < 4.78 is 5.88. The molecule has 0 bridgehead atoms. The molecule has 1 unspecified atom stereocenters. The second kappa shape index (κ2) is 3.02. The summed E-state index contributed by atoms with van der Waals surface area (Å²) in [6, 6.07) is 0. The van der Waals surface area contributed by atoms with Crippen LogP contribution < -0.4 is 5.32 Å². The summed E-state index contributed by atoms with van der Waals surface area (Å²) in [7, 11) is 0. The Morgan fingerprint density at radius 1 is 1.83 bits per heavy atom. The Kier molecular flexibility index (Phi) is 2.02. The number of carbonyl (C=O) groups is 1. The van der Waals surface area contributed by atoms with Crippen molar-refractivity contribution in [2.24, 2.45) is 0 Å². The summed E-state index contributed by atoms with van der Waals surface area (Å²) in [5.41, 5.74) is 0. The van der Waals surface area contributed by atoms with Crippen LogP contribution in [0.4, 0.5) is 4.79 Å². The van der Waals surface area contributed by atoms with Crippen LogP contribution in [0, 0.1) is 0 Å². The number of carbonyl (C=O) groups excluding carboxylic acids is 1. The van der Waals surface area contributed by atoms with Gasteiger partial charge in [-0.2, -0.15) is 0 Å². The van der Waals surface area contributed by atoms with Crippen LogP contribution in [0.15, 0.2) is 9.98 Å². The van der Waals surface area contributed by atoms with E-state index in [9.17, 15) is 4.79 Å². The number of hydrogen-bond donors (Lipinski definition) is 1. The van der Waals surface area contributed by atoms with Gasteiger partial charge in [-0.3, -0.25) is 0 Å². The number of aromatic nitrogens is 1. The summed E-state index contributed by atoms with van der Waals surface area (Å²) in [6.45, 7) is 0.513. The number of halogens is 1. The fourth-order valence-corrected chi connectivity index (χ4v) is 2.22. The van der Waals surface area contributed by atoms with E-state index < -0.39 is 0 Å². The summed E-state index contributed by atoms with van der Waals surface area (Å²) in [5, 5.41) is 3.39. The average Bonchev–Trinajstić information content (AvgIpc) is 2.58. The first-order valence-corrected chi connectivity index (χ1v) is 4.92. The second-order valence-electron chi connectivity index (χ2n) is 2.28. The summed E-state index contributed by atoms with van der Waals surface area (Å²) in [6.07, 6.45) is 1.12. The predicted molar refractivity (Wildman–Crippen MR) is 47.0 cm³/mol. The molecule has 1 aromatic rings. The first kappa shape index (κ1) is 8.00. The lowest BCUT2D eigenvalue weighted by atomic mass is 10.4. The van der Waals surface area contributed by atoms with E-state index >= 15 is 0 Å². The third-order valence-corrected chi connectivity index (χ3v) is 3.02. The van der Waals surface area contributed by atoms with Crippen molar-refractivity contribution in [3.8, 4) is 0 Å². The number of alkyl carbamates (subject to hydrolysis) is 1. The van der Waals surface area contributed by atoms with E-state index in [2.05, 4.69) is 26.2 Å². The standard InChI is InChI=1S/C6H5BrN2O2S/c7-4-2-8-5(12-4)3-1-9-6(10)11-3/h2-3H,1H2,(H,9,10). The van der Waals surface area contributed by atoms with E-state index in [1.807, 2.05) is 0 Å². The SMILES string of the molecule is O=C1NCC(c2ncc(Br)s2)O1. The highest BCUT2D eigenvalue weighted by Gasteiger charge is 2.26. The van der Waals surface area contributed by atoms with E-state index in [-0.39, 0.29) is 12.2 Å². The Bertz CT molecular complexity index is 314. The van der Waals surface area contributed by atoms with E-state index in [1.54, 1.807) is 6.20 Å². The third-order valence-electron chi connectivity index (χ3n) is 1.45. The molecule has 2 heterocycles. The Labute approximate surface area is 81.1 Å². The number of nitrogens with one attached hydrogen (secondary N) is 1. The Morgan fingerprint density at radius 2 is 2.67 bits per heavy atom. The topological polar surface area (TPSA) is 51.2 Å². The molecule has 4 nitrogen and oxygen atoms in total. The van der Waals surface area contributed by atoms with E-state index in [1.165, 1.54) is 11.3 Å².